The predicted octanol–water partition coefficient (Wildman–Crippen LogP) is 4.01. The number of hydrogen-bond donors (Lipinski definition) is 1. The molecule has 0 aliphatic carbocycles. The number of pyridine rings is 1. The molecular weight excluding hydrogens is 258 g/mol. The zero-order valence-corrected chi connectivity index (χ0v) is 11.8. The van der Waals surface area contributed by atoms with Crippen LogP contribution in [0.4, 0.5) is 5.69 Å². The first-order chi connectivity index (χ1) is 10.3. The van der Waals surface area contributed by atoms with Crippen molar-refractivity contribution in [3.63, 3.8) is 0 Å². The second kappa shape index (κ2) is 5.64. The minimum atomic E-state index is 0.416. The average molecular weight is 273 g/mol. The van der Waals surface area contributed by atoms with E-state index in [1.54, 1.807) is 0 Å². The molecule has 1 heterocycles. The van der Waals surface area contributed by atoms with E-state index in [2.05, 4.69) is 34.6 Å². The molecule has 0 radical (unpaired) electrons. The number of nitrogens with zero attached hydrogens (tertiary/aromatic N) is 2. The molecule has 0 saturated carbocycles. The smallest absolute Gasteiger partial charge is 0.0780 e. The molecule has 1 aromatic heterocycles. The van der Waals surface area contributed by atoms with E-state index in [1.807, 2.05) is 43.6 Å². The highest BCUT2D eigenvalue weighted by molar-refractivity contribution is 5.96. The summed E-state index contributed by atoms with van der Waals surface area (Å²) >= 11 is 0. The number of anilines is 1. The Morgan fingerprint density at radius 3 is 2.57 bits per heavy atom. The second-order valence-electron chi connectivity index (χ2n) is 4.83. The van der Waals surface area contributed by atoms with Crippen LogP contribution in [0.1, 0.15) is 5.56 Å². The maximum atomic E-state index is 8.95. The third kappa shape index (κ3) is 2.44. The Bertz CT molecular complexity index is 814. The van der Waals surface area contributed by atoms with Gasteiger partial charge in [0.25, 0.3) is 0 Å². The van der Waals surface area contributed by atoms with Crippen molar-refractivity contribution in [2.75, 3.05) is 12.4 Å². The lowest BCUT2D eigenvalue weighted by Gasteiger charge is -2.09. The summed E-state index contributed by atoms with van der Waals surface area (Å²) in [6.07, 6.45) is 2.23. The molecule has 0 unspecified atom stereocenters. The van der Waals surface area contributed by atoms with Gasteiger partial charge in [0.2, 0.25) is 0 Å². The minimum absolute atomic E-state index is 0.416. The number of nitriles is 1. The first-order valence-electron chi connectivity index (χ1n) is 6.85. The van der Waals surface area contributed by atoms with E-state index in [0.29, 0.717) is 6.42 Å². The fourth-order valence-electron chi connectivity index (χ4n) is 2.54. The van der Waals surface area contributed by atoms with Crippen LogP contribution in [0.15, 0.2) is 54.7 Å². The lowest BCUT2D eigenvalue weighted by Crippen LogP contribution is -1.91. The summed E-state index contributed by atoms with van der Waals surface area (Å²) in [4.78, 5) is 4.53. The van der Waals surface area contributed by atoms with Crippen LogP contribution in [0, 0.1) is 11.3 Å². The summed E-state index contributed by atoms with van der Waals surface area (Å²) in [6, 6.07) is 18.4. The van der Waals surface area contributed by atoms with Crippen LogP contribution in [0.25, 0.3) is 22.0 Å². The van der Waals surface area contributed by atoms with Crippen LogP contribution in [0.3, 0.4) is 0 Å². The Labute approximate surface area is 123 Å². The van der Waals surface area contributed by atoms with Crippen LogP contribution in [-0.2, 0) is 6.42 Å². The highest BCUT2D eigenvalue weighted by Gasteiger charge is 2.08. The van der Waals surface area contributed by atoms with Gasteiger partial charge in [0.1, 0.15) is 0 Å². The van der Waals surface area contributed by atoms with Crippen LogP contribution >= 0.6 is 0 Å². The van der Waals surface area contributed by atoms with Crippen molar-refractivity contribution >= 4 is 16.5 Å². The molecule has 0 amide bonds. The van der Waals surface area contributed by atoms with Gasteiger partial charge in [-0.1, -0.05) is 30.3 Å². The summed E-state index contributed by atoms with van der Waals surface area (Å²) in [5.41, 5.74) is 4.15. The number of benzene rings is 2. The normalized spacial score (nSPS) is 10.3. The Morgan fingerprint density at radius 1 is 1.05 bits per heavy atom. The van der Waals surface area contributed by atoms with Crippen LogP contribution in [0.2, 0.25) is 0 Å². The number of aromatic nitrogens is 1. The molecule has 0 fully saturated rings. The quantitative estimate of drug-likeness (QED) is 0.784. The Kier molecular flexibility index (Phi) is 3.53. The fourth-order valence-corrected chi connectivity index (χ4v) is 2.54. The van der Waals surface area contributed by atoms with Crippen molar-refractivity contribution in [2.24, 2.45) is 0 Å². The highest BCUT2D eigenvalue weighted by Crippen LogP contribution is 2.29. The predicted molar refractivity (Wildman–Crippen MR) is 86.0 cm³/mol. The summed E-state index contributed by atoms with van der Waals surface area (Å²) in [5.74, 6) is 0. The van der Waals surface area contributed by atoms with Crippen LogP contribution < -0.4 is 5.32 Å². The number of rotatable bonds is 3. The standard InChI is InChI=1S/C18H15N3/c1-20-15-7-5-14(6-8-15)18-17-4-2-3-13(9-11-19)16(17)10-12-21-18/h2-8,10,12,20H,9H2,1H3. The Hall–Kier alpha value is -2.86. The largest absolute Gasteiger partial charge is 0.388 e. The fraction of sp³-hybridized carbons (Fsp3) is 0.111. The SMILES string of the molecule is CNc1ccc(-c2nccc3c(CC#N)cccc23)cc1. The second-order valence-corrected chi connectivity index (χ2v) is 4.83. The minimum Gasteiger partial charge on any atom is -0.388 e. The molecular formula is C18H15N3. The monoisotopic (exact) mass is 273 g/mol. The molecule has 3 heteroatoms. The van der Waals surface area contributed by atoms with E-state index in [9.17, 15) is 0 Å². The third-order valence-electron chi connectivity index (χ3n) is 3.61. The molecule has 0 spiro atoms. The van der Waals surface area contributed by atoms with E-state index >= 15 is 0 Å². The van der Waals surface area contributed by atoms with Gasteiger partial charge in [-0.2, -0.15) is 5.26 Å². The molecule has 21 heavy (non-hydrogen) atoms. The van der Waals surface area contributed by atoms with Crippen molar-refractivity contribution in [1.29, 1.82) is 5.26 Å². The molecule has 3 aromatic rings. The Morgan fingerprint density at radius 2 is 1.86 bits per heavy atom. The number of hydrogen-bond acceptors (Lipinski definition) is 3. The highest BCUT2D eigenvalue weighted by atomic mass is 14.8. The van der Waals surface area contributed by atoms with Crippen molar-refractivity contribution in [3.8, 4) is 17.3 Å². The zero-order valence-electron chi connectivity index (χ0n) is 11.8. The number of nitrogens with one attached hydrogen (secondary N) is 1. The van der Waals surface area contributed by atoms with E-state index in [-0.39, 0.29) is 0 Å². The molecule has 1 N–H and O–H groups in total. The van der Waals surface area contributed by atoms with Gasteiger partial charge in [0.05, 0.1) is 18.2 Å². The van der Waals surface area contributed by atoms with Gasteiger partial charge in [-0.3, -0.25) is 4.98 Å². The van der Waals surface area contributed by atoms with E-state index in [0.717, 1.165) is 33.3 Å². The van der Waals surface area contributed by atoms with Gasteiger partial charge in [-0.25, -0.2) is 0 Å². The molecule has 3 rings (SSSR count). The van der Waals surface area contributed by atoms with Gasteiger partial charge in [-0.15, -0.1) is 0 Å². The van der Waals surface area contributed by atoms with Crippen molar-refractivity contribution in [3.05, 3.63) is 60.3 Å². The van der Waals surface area contributed by atoms with E-state index in [1.165, 1.54) is 0 Å². The third-order valence-corrected chi connectivity index (χ3v) is 3.61. The van der Waals surface area contributed by atoms with Gasteiger partial charge in [-0.05, 0) is 29.1 Å². The lowest BCUT2D eigenvalue weighted by molar-refractivity contribution is 1.28. The van der Waals surface area contributed by atoms with Crippen molar-refractivity contribution in [1.82, 2.24) is 4.98 Å². The summed E-state index contributed by atoms with van der Waals surface area (Å²) in [5, 5.41) is 14.2. The summed E-state index contributed by atoms with van der Waals surface area (Å²) < 4.78 is 0. The topological polar surface area (TPSA) is 48.7 Å². The van der Waals surface area contributed by atoms with E-state index < -0.39 is 0 Å². The van der Waals surface area contributed by atoms with Gasteiger partial charge >= 0.3 is 0 Å². The maximum Gasteiger partial charge on any atom is 0.0780 e. The zero-order chi connectivity index (χ0) is 14.7. The molecule has 0 bridgehead atoms. The van der Waals surface area contributed by atoms with Gasteiger partial charge in [0, 0.05) is 29.9 Å². The summed E-state index contributed by atoms with van der Waals surface area (Å²) in [7, 11) is 1.90. The van der Waals surface area contributed by atoms with E-state index in [4.69, 9.17) is 5.26 Å². The van der Waals surface area contributed by atoms with Crippen molar-refractivity contribution in [2.45, 2.75) is 6.42 Å². The molecule has 0 saturated heterocycles. The van der Waals surface area contributed by atoms with Gasteiger partial charge in [0.15, 0.2) is 0 Å². The molecule has 3 nitrogen and oxygen atoms in total. The maximum absolute atomic E-state index is 8.95. The molecule has 2 aromatic carbocycles. The summed E-state index contributed by atoms with van der Waals surface area (Å²) in [6.45, 7) is 0. The molecule has 102 valence electrons. The van der Waals surface area contributed by atoms with Gasteiger partial charge < -0.3 is 5.32 Å². The van der Waals surface area contributed by atoms with Crippen LogP contribution in [0.5, 0.6) is 0 Å². The first kappa shape index (κ1) is 13.1. The average Bonchev–Trinajstić information content (AvgIpc) is 2.55. The van der Waals surface area contributed by atoms with Crippen LogP contribution in [-0.4, -0.2) is 12.0 Å². The van der Waals surface area contributed by atoms with Crippen molar-refractivity contribution < 1.29 is 0 Å². The molecule has 0 aliphatic heterocycles. The lowest BCUT2D eigenvalue weighted by atomic mass is 9.99. The number of fused-ring (bicyclic) bond motifs is 1. The Balaban J connectivity index is 2.18. The molecule has 0 atom stereocenters. The molecule has 0 aliphatic rings. The first-order valence-corrected chi connectivity index (χ1v) is 6.85.